The molecule has 3 N–H and O–H groups in total. The van der Waals surface area contributed by atoms with Crippen LogP contribution in [-0.4, -0.2) is 12.1 Å². The number of nitriles is 1. The normalized spacial score (nSPS) is 10.6. The summed E-state index contributed by atoms with van der Waals surface area (Å²) in [4.78, 5) is 12.6. The fraction of sp³-hybridized carbons (Fsp3) is 0.0952. The first-order chi connectivity index (χ1) is 13.6. The molecule has 0 spiro atoms. The number of nitrogen functional groups attached to an aromatic ring is 1. The second kappa shape index (κ2) is 8.84. The highest BCUT2D eigenvalue weighted by Crippen LogP contribution is 2.29. The second-order valence-corrected chi connectivity index (χ2v) is 7.01. The summed E-state index contributed by atoms with van der Waals surface area (Å²) in [6.45, 7) is 2.16. The Labute approximate surface area is 166 Å². The first-order valence-corrected chi connectivity index (χ1v) is 9.29. The van der Waals surface area contributed by atoms with Crippen molar-refractivity contribution in [3.8, 4) is 11.8 Å². The van der Waals surface area contributed by atoms with Crippen LogP contribution in [0, 0.1) is 18.3 Å². The minimum atomic E-state index is -0.400. The van der Waals surface area contributed by atoms with Gasteiger partial charge in [0.05, 0.1) is 11.8 Å². The monoisotopic (exact) mass is 390 g/mol. The molecule has 3 rings (SSSR count). The molecule has 0 aliphatic carbocycles. The van der Waals surface area contributed by atoms with E-state index < -0.39 is 5.91 Å². The molecular formula is C21H18N4O2S. The van der Waals surface area contributed by atoms with Crippen LogP contribution in [0.4, 0.5) is 5.00 Å². The van der Waals surface area contributed by atoms with Gasteiger partial charge < -0.3 is 10.5 Å². The van der Waals surface area contributed by atoms with Crippen molar-refractivity contribution >= 4 is 28.5 Å². The van der Waals surface area contributed by atoms with Gasteiger partial charge in [0, 0.05) is 0 Å². The van der Waals surface area contributed by atoms with Crippen LogP contribution in [0.25, 0.3) is 0 Å². The predicted octanol–water partition coefficient (Wildman–Crippen LogP) is 3.85. The van der Waals surface area contributed by atoms with E-state index in [9.17, 15) is 4.79 Å². The van der Waals surface area contributed by atoms with E-state index in [1.54, 1.807) is 6.92 Å². The summed E-state index contributed by atoms with van der Waals surface area (Å²) < 4.78 is 5.78. The third kappa shape index (κ3) is 4.55. The summed E-state index contributed by atoms with van der Waals surface area (Å²) in [6, 6.07) is 19.3. The summed E-state index contributed by atoms with van der Waals surface area (Å²) >= 11 is 1.08. The van der Waals surface area contributed by atoms with Gasteiger partial charge in [0.25, 0.3) is 5.91 Å². The van der Waals surface area contributed by atoms with E-state index in [2.05, 4.69) is 10.5 Å². The summed E-state index contributed by atoms with van der Waals surface area (Å²) in [5.74, 6) is 0.308. The van der Waals surface area contributed by atoms with Crippen molar-refractivity contribution in [1.82, 2.24) is 5.43 Å². The Balaban J connectivity index is 1.61. The third-order valence-electron chi connectivity index (χ3n) is 3.98. The Morgan fingerprint density at radius 2 is 2.07 bits per heavy atom. The molecule has 0 saturated heterocycles. The fourth-order valence-corrected chi connectivity index (χ4v) is 3.45. The van der Waals surface area contributed by atoms with E-state index >= 15 is 0 Å². The number of thiophene rings is 1. The zero-order chi connectivity index (χ0) is 19.9. The van der Waals surface area contributed by atoms with Crippen LogP contribution in [0.2, 0.25) is 0 Å². The smallest absolute Gasteiger partial charge is 0.281 e. The molecule has 0 aliphatic rings. The molecule has 3 aromatic rings. The lowest BCUT2D eigenvalue weighted by atomic mass is 10.2. The van der Waals surface area contributed by atoms with Gasteiger partial charge in [-0.25, -0.2) is 5.43 Å². The van der Waals surface area contributed by atoms with Crippen molar-refractivity contribution in [2.75, 3.05) is 5.73 Å². The lowest BCUT2D eigenvalue weighted by Gasteiger charge is -2.06. The molecule has 1 heterocycles. The Morgan fingerprint density at radius 3 is 2.79 bits per heavy atom. The molecule has 0 bridgehead atoms. The number of ether oxygens (including phenoxy) is 1. The number of nitrogens with two attached hydrogens (primary N) is 1. The Kier molecular flexibility index (Phi) is 6.04. The second-order valence-electron chi connectivity index (χ2n) is 5.95. The number of anilines is 1. The average molecular weight is 390 g/mol. The quantitative estimate of drug-likeness (QED) is 0.493. The lowest BCUT2D eigenvalue weighted by molar-refractivity contribution is 0.0958. The van der Waals surface area contributed by atoms with Crippen LogP contribution in [-0.2, 0) is 6.61 Å². The number of nitrogens with zero attached hydrogens (tertiary/aromatic N) is 2. The van der Waals surface area contributed by atoms with Crippen molar-refractivity contribution < 1.29 is 9.53 Å². The highest BCUT2D eigenvalue weighted by Gasteiger charge is 2.18. The maximum Gasteiger partial charge on any atom is 0.281 e. The van der Waals surface area contributed by atoms with Gasteiger partial charge in [-0.15, -0.1) is 11.3 Å². The van der Waals surface area contributed by atoms with E-state index in [1.807, 2.05) is 60.7 Å². The summed E-state index contributed by atoms with van der Waals surface area (Å²) in [7, 11) is 0. The summed E-state index contributed by atoms with van der Waals surface area (Å²) in [5, 5.41) is 13.4. The summed E-state index contributed by atoms with van der Waals surface area (Å²) in [5.41, 5.74) is 11.0. The topological polar surface area (TPSA) is 100 Å². The van der Waals surface area contributed by atoms with E-state index in [0.29, 0.717) is 33.4 Å². The molecule has 1 aromatic heterocycles. The van der Waals surface area contributed by atoms with Crippen molar-refractivity contribution in [2.45, 2.75) is 13.5 Å². The molecular weight excluding hydrogens is 372 g/mol. The number of carbonyl (C=O) groups is 1. The summed E-state index contributed by atoms with van der Waals surface area (Å²) in [6.07, 6.45) is 1.53. The van der Waals surface area contributed by atoms with Gasteiger partial charge in [-0.3, -0.25) is 4.79 Å². The Morgan fingerprint density at radius 1 is 1.29 bits per heavy atom. The molecule has 0 atom stereocenters. The third-order valence-corrected chi connectivity index (χ3v) is 5.10. The number of carbonyl (C=O) groups excluding carboxylic acids is 1. The largest absolute Gasteiger partial charge is 0.489 e. The molecule has 0 aliphatic heterocycles. The molecule has 0 unspecified atom stereocenters. The highest BCUT2D eigenvalue weighted by atomic mass is 32.1. The molecule has 140 valence electrons. The molecule has 0 fully saturated rings. The van der Waals surface area contributed by atoms with Gasteiger partial charge in [0.1, 0.15) is 28.3 Å². The molecule has 1 amide bonds. The lowest BCUT2D eigenvalue weighted by Crippen LogP contribution is -2.17. The van der Waals surface area contributed by atoms with E-state index in [1.165, 1.54) is 6.21 Å². The van der Waals surface area contributed by atoms with Crippen molar-refractivity contribution in [2.24, 2.45) is 5.10 Å². The molecule has 0 radical (unpaired) electrons. The highest BCUT2D eigenvalue weighted by molar-refractivity contribution is 7.18. The van der Waals surface area contributed by atoms with E-state index in [-0.39, 0.29) is 0 Å². The molecule has 28 heavy (non-hydrogen) atoms. The van der Waals surface area contributed by atoms with Gasteiger partial charge in [-0.2, -0.15) is 10.4 Å². The van der Waals surface area contributed by atoms with E-state index in [4.69, 9.17) is 15.7 Å². The number of rotatable bonds is 6. The van der Waals surface area contributed by atoms with Crippen molar-refractivity contribution in [3.63, 3.8) is 0 Å². The maximum absolute atomic E-state index is 12.3. The van der Waals surface area contributed by atoms with Crippen LogP contribution >= 0.6 is 11.3 Å². The average Bonchev–Trinajstić information content (AvgIpc) is 3.01. The fourth-order valence-electron chi connectivity index (χ4n) is 2.53. The number of nitrogens with one attached hydrogen (secondary N) is 1. The zero-order valence-electron chi connectivity index (χ0n) is 15.2. The van der Waals surface area contributed by atoms with Gasteiger partial charge in [-0.05, 0) is 35.7 Å². The van der Waals surface area contributed by atoms with Crippen molar-refractivity contribution in [1.29, 1.82) is 5.26 Å². The van der Waals surface area contributed by atoms with E-state index in [0.717, 1.165) is 22.5 Å². The predicted molar refractivity (Wildman–Crippen MR) is 110 cm³/mol. The first-order valence-electron chi connectivity index (χ1n) is 8.47. The molecule has 2 aromatic carbocycles. The van der Waals surface area contributed by atoms with Crippen molar-refractivity contribution in [3.05, 3.63) is 81.7 Å². The molecule has 0 saturated carbocycles. The molecule has 7 heteroatoms. The van der Waals surface area contributed by atoms with Crippen LogP contribution in [0.5, 0.6) is 5.75 Å². The van der Waals surface area contributed by atoms with Gasteiger partial charge in [-0.1, -0.05) is 42.5 Å². The number of hydrogen-bond acceptors (Lipinski definition) is 6. The van der Waals surface area contributed by atoms with Gasteiger partial charge in [0.15, 0.2) is 0 Å². The minimum Gasteiger partial charge on any atom is -0.489 e. The number of amides is 1. The van der Waals surface area contributed by atoms with Crippen LogP contribution in [0.3, 0.4) is 0 Å². The number of benzene rings is 2. The number of hydrazone groups is 1. The minimum absolute atomic E-state index is 0.331. The standard InChI is InChI=1S/C21H18N4O2S/c1-14-18(11-22)20(23)28-19(14)21(26)25-24-12-16-8-5-9-17(10-16)27-13-15-6-3-2-4-7-15/h2-10,12H,13,23H2,1H3,(H,25,26). The van der Waals surface area contributed by atoms with Crippen LogP contribution in [0.1, 0.15) is 31.9 Å². The van der Waals surface area contributed by atoms with Crippen LogP contribution in [0.15, 0.2) is 59.7 Å². The Bertz CT molecular complexity index is 1050. The molecule has 6 nitrogen and oxygen atoms in total. The number of hydrogen-bond donors (Lipinski definition) is 2. The Hall–Kier alpha value is -3.63. The maximum atomic E-state index is 12.3. The van der Waals surface area contributed by atoms with Gasteiger partial charge in [0.2, 0.25) is 0 Å². The first kappa shape index (κ1) is 19.1. The van der Waals surface area contributed by atoms with Crippen LogP contribution < -0.4 is 15.9 Å². The van der Waals surface area contributed by atoms with Gasteiger partial charge >= 0.3 is 0 Å². The SMILES string of the molecule is Cc1c(C(=O)NN=Cc2cccc(OCc3ccccc3)c2)sc(N)c1C#N. The zero-order valence-corrected chi connectivity index (χ0v) is 16.0.